The van der Waals surface area contributed by atoms with Gasteiger partial charge in [0, 0.05) is 18.0 Å². The van der Waals surface area contributed by atoms with E-state index in [0.29, 0.717) is 23.4 Å². The van der Waals surface area contributed by atoms with E-state index in [9.17, 15) is 4.79 Å². The van der Waals surface area contributed by atoms with Crippen LogP contribution in [0.4, 0.5) is 5.69 Å². The zero-order valence-electron chi connectivity index (χ0n) is 11.2. The van der Waals surface area contributed by atoms with E-state index in [4.69, 9.17) is 5.26 Å². The predicted molar refractivity (Wildman–Crippen MR) is 79.9 cm³/mol. The van der Waals surface area contributed by atoms with Gasteiger partial charge < -0.3 is 5.32 Å². The van der Waals surface area contributed by atoms with E-state index in [1.165, 1.54) is 10.5 Å². The van der Waals surface area contributed by atoms with Gasteiger partial charge in [-0.05, 0) is 36.4 Å². The number of pyridine rings is 1. The summed E-state index contributed by atoms with van der Waals surface area (Å²) >= 11 is 0. The van der Waals surface area contributed by atoms with Gasteiger partial charge in [-0.25, -0.2) is 4.98 Å². The fourth-order valence-electron chi connectivity index (χ4n) is 2.05. The van der Waals surface area contributed by atoms with Crippen LogP contribution in [0.5, 0.6) is 0 Å². The lowest BCUT2D eigenvalue weighted by Gasteiger charge is -2.07. The van der Waals surface area contributed by atoms with Crippen molar-refractivity contribution in [2.75, 3.05) is 5.32 Å². The molecule has 0 aliphatic heterocycles. The fraction of sp³-hybridized carbons (Fsp3) is 0.0625. The van der Waals surface area contributed by atoms with Crippen LogP contribution >= 0.6 is 0 Å². The van der Waals surface area contributed by atoms with Gasteiger partial charge in [0.25, 0.3) is 5.56 Å². The lowest BCUT2D eigenvalue weighted by Crippen LogP contribution is -2.16. The number of nitrogens with zero attached hydrogens (tertiary/aromatic N) is 3. The first-order valence-corrected chi connectivity index (χ1v) is 6.47. The first kappa shape index (κ1) is 12.9. The molecule has 0 aliphatic carbocycles. The van der Waals surface area contributed by atoms with Crippen molar-refractivity contribution in [3.63, 3.8) is 0 Å². The van der Waals surface area contributed by atoms with Crippen LogP contribution in [0.2, 0.25) is 0 Å². The van der Waals surface area contributed by atoms with Crippen molar-refractivity contribution in [1.82, 2.24) is 9.38 Å². The van der Waals surface area contributed by atoms with E-state index in [-0.39, 0.29) is 5.56 Å². The predicted octanol–water partition coefficient (Wildman–Crippen LogP) is 2.18. The Morgan fingerprint density at radius 1 is 1.19 bits per heavy atom. The number of anilines is 1. The van der Waals surface area contributed by atoms with Gasteiger partial charge in [0.1, 0.15) is 5.65 Å². The van der Waals surface area contributed by atoms with Gasteiger partial charge >= 0.3 is 0 Å². The third kappa shape index (κ3) is 2.74. The second kappa shape index (κ2) is 5.47. The molecular weight excluding hydrogens is 264 g/mol. The number of nitriles is 1. The minimum Gasteiger partial charge on any atom is -0.379 e. The Morgan fingerprint density at radius 3 is 2.76 bits per heavy atom. The second-order valence-corrected chi connectivity index (χ2v) is 4.56. The van der Waals surface area contributed by atoms with Crippen LogP contribution < -0.4 is 10.9 Å². The van der Waals surface area contributed by atoms with Crippen LogP contribution in [0.25, 0.3) is 5.65 Å². The average molecular weight is 276 g/mol. The van der Waals surface area contributed by atoms with E-state index >= 15 is 0 Å². The minimum atomic E-state index is -0.0998. The molecule has 2 heterocycles. The van der Waals surface area contributed by atoms with Crippen molar-refractivity contribution in [1.29, 1.82) is 5.26 Å². The molecule has 0 aliphatic rings. The van der Waals surface area contributed by atoms with E-state index in [1.807, 2.05) is 18.2 Å². The zero-order chi connectivity index (χ0) is 14.7. The monoisotopic (exact) mass is 276 g/mol. The Labute approximate surface area is 121 Å². The maximum atomic E-state index is 12.0. The smallest absolute Gasteiger partial charge is 0.258 e. The quantitative estimate of drug-likeness (QED) is 0.796. The van der Waals surface area contributed by atoms with Gasteiger partial charge in [0.15, 0.2) is 0 Å². The van der Waals surface area contributed by atoms with Crippen molar-refractivity contribution < 1.29 is 0 Å². The number of rotatable bonds is 3. The van der Waals surface area contributed by atoms with Gasteiger partial charge in [0.2, 0.25) is 0 Å². The summed E-state index contributed by atoms with van der Waals surface area (Å²) in [6, 6.07) is 16.2. The highest BCUT2D eigenvalue weighted by atomic mass is 16.1. The summed E-state index contributed by atoms with van der Waals surface area (Å²) in [4.78, 5) is 16.4. The number of fused-ring (bicyclic) bond motifs is 1. The van der Waals surface area contributed by atoms with Gasteiger partial charge in [0.05, 0.1) is 23.9 Å². The normalized spacial score (nSPS) is 10.2. The van der Waals surface area contributed by atoms with E-state index in [1.54, 1.807) is 30.5 Å². The molecule has 0 radical (unpaired) electrons. The SMILES string of the molecule is N#Cc1ccc(NCc2cc(=O)n3ccccc3n2)cc1. The van der Waals surface area contributed by atoms with E-state index in [0.717, 1.165) is 5.69 Å². The standard InChI is InChI=1S/C16H12N4O/c17-10-12-4-6-13(7-5-12)18-11-14-9-16(21)20-8-2-1-3-15(20)19-14/h1-9,18H,11H2. The molecule has 0 bridgehead atoms. The third-order valence-electron chi connectivity index (χ3n) is 3.11. The van der Waals surface area contributed by atoms with Crippen LogP contribution in [-0.2, 0) is 6.54 Å². The van der Waals surface area contributed by atoms with Gasteiger partial charge in [-0.2, -0.15) is 5.26 Å². The molecular formula is C16H12N4O. The molecule has 21 heavy (non-hydrogen) atoms. The first-order valence-electron chi connectivity index (χ1n) is 6.47. The Hall–Kier alpha value is -3.13. The molecule has 102 valence electrons. The Kier molecular flexibility index (Phi) is 3.36. The summed E-state index contributed by atoms with van der Waals surface area (Å²) in [5.41, 5.74) is 2.70. The topological polar surface area (TPSA) is 70.2 Å². The van der Waals surface area contributed by atoms with Crippen molar-refractivity contribution in [2.45, 2.75) is 6.54 Å². The molecule has 1 N–H and O–H groups in total. The number of aromatic nitrogens is 2. The molecule has 3 aromatic rings. The fourth-order valence-corrected chi connectivity index (χ4v) is 2.05. The van der Waals surface area contributed by atoms with Crippen LogP contribution in [0, 0.1) is 11.3 Å². The maximum Gasteiger partial charge on any atom is 0.258 e. The van der Waals surface area contributed by atoms with Crippen LogP contribution in [0.3, 0.4) is 0 Å². The zero-order valence-corrected chi connectivity index (χ0v) is 11.2. The summed E-state index contributed by atoms with van der Waals surface area (Å²) < 4.78 is 1.51. The summed E-state index contributed by atoms with van der Waals surface area (Å²) in [7, 11) is 0. The largest absolute Gasteiger partial charge is 0.379 e. The number of nitrogens with one attached hydrogen (secondary N) is 1. The highest BCUT2D eigenvalue weighted by Gasteiger charge is 2.02. The summed E-state index contributed by atoms with van der Waals surface area (Å²) in [5.74, 6) is 0. The van der Waals surface area contributed by atoms with Crippen LogP contribution in [0.15, 0.2) is 59.5 Å². The maximum absolute atomic E-state index is 12.0. The molecule has 3 rings (SSSR count). The lowest BCUT2D eigenvalue weighted by atomic mass is 10.2. The Balaban J connectivity index is 1.81. The van der Waals surface area contributed by atoms with Crippen LogP contribution in [0.1, 0.15) is 11.3 Å². The van der Waals surface area contributed by atoms with Crippen molar-refractivity contribution >= 4 is 11.3 Å². The van der Waals surface area contributed by atoms with E-state index < -0.39 is 0 Å². The summed E-state index contributed by atoms with van der Waals surface area (Å²) in [6.45, 7) is 0.451. The number of hydrogen-bond donors (Lipinski definition) is 1. The van der Waals surface area contributed by atoms with Gasteiger partial charge in [-0.15, -0.1) is 0 Å². The van der Waals surface area contributed by atoms with E-state index in [2.05, 4.69) is 16.4 Å². The van der Waals surface area contributed by atoms with Gasteiger partial charge in [-0.3, -0.25) is 9.20 Å². The van der Waals surface area contributed by atoms with Gasteiger partial charge in [-0.1, -0.05) is 6.07 Å². The number of benzene rings is 1. The first-order chi connectivity index (χ1) is 10.3. The van der Waals surface area contributed by atoms with Crippen LogP contribution in [-0.4, -0.2) is 9.38 Å². The third-order valence-corrected chi connectivity index (χ3v) is 3.11. The second-order valence-electron chi connectivity index (χ2n) is 4.56. The molecule has 0 amide bonds. The molecule has 0 saturated carbocycles. The highest BCUT2D eigenvalue weighted by molar-refractivity contribution is 5.47. The lowest BCUT2D eigenvalue weighted by molar-refractivity contribution is 0.971. The Bertz CT molecular complexity index is 875. The Morgan fingerprint density at radius 2 is 2.00 bits per heavy atom. The molecule has 2 aromatic heterocycles. The average Bonchev–Trinajstić information content (AvgIpc) is 2.53. The minimum absolute atomic E-state index is 0.0998. The number of hydrogen-bond acceptors (Lipinski definition) is 4. The molecule has 0 saturated heterocycles. The van der Waals surface area contributed by atoms with Crippen molar-refractivity contribution in [2.24, 2.45) is 0 Å². The van der Waals surface area contributed by atoms with Crippen molar-refractivity contribution in [3.05, 3.63) is 76.3 Å². The summed E-state index contributed by atoms with van der Waals surface area (Å²) in [6.07, 6.45) is 1.70. The molecule has 5 nitrogen and oxygen atoms in total. The molecule has 0 fully saturated rings. The molecule has 5 heteroatoms. The molecule has 0 unspecified atom stereocenters. The molecule has 0 atom stereocenters. The molecule has 1 aromatic carbocycles. The summed E-state index contributed by atoms with van der Waals surface area (Å²) in [5, 5.41) is 11.9. The molecule has 0 spiro atoms. The van der Waals surface area contributed by atoms with Crippen molar-refractivity contribution in [3.8, 4) is 6.07 Å². The highest BCUT2D eigenvalue weighted by Crippen LogP contribution is 2.10.